The molecule has 1 aliphatic heterocycles. The monoisotopic (exact) mass is 234 g/mol. The van der Waals surface area contributed by atoms with Gasteiger partial charge in [0.15, 0.2) is 0 Å². The standard InChI is InChI=1S/C12H18N4O/c13-10-3-1-2-8-6-16(7-9(8)10)12(17)11-4-5-14-15-11/h4-5,8-10H,1-3,6-7,13H2,(H,14,15). The lowest BCUT2D eigenvalue weighted by Gasteiger charge is -2.29. The molecular weight excluding hydrogens is 216 g/mol. The Bertz CT molecular complexity index is 403. The van der Waals surface area contributed by atoms with Crippen LogP contribution in [0.5, 0.6) is 0 Å². The Morgan fingerprint density at radius 2 is 2.35 bits per heavy atom. The molecular formula is C12H18N4O. The number of nitrogens with two attached hydrogens (primary N) is 1. The molecule has 3 rings (SSSR count). The molecule has 0 radical (unpaired) electrons. The minimum atomic E-state index is 0.0594. The summed E-state index contributed by atoms with van der Waals surface area (Å²) in [5.74, 6) is 1.16. The third-order valence-corrected chi connectivity index (χ3v) is 4.17. The van der Waals surface area contributed by atoms with E-state index in [-0.39, 0.29) is 11.9 Å². The van der Waals surface area contributed by atoms with Crippen LogP contribution in [-0.4, -0.2) is 40.1 Å². The fourth-order valence-corrected chi connectivity index (χ4v) is 3.23. The van der Waals surface area contributed by atoms with Crippen molar-refractivity contribution in [2.24, 2.45) is 17.6 Å². The van der Waals surface area contributed by atoms with Crippen LogP contribution >= 0.6 is 0 Å². The molecule has 0 spiro atoms. The Labute approximate surface area is 100 Å². The third-order valence-electron chi connectivity index (χ3n) is 4.17. The summed E-state index contributed by atoms with van der Waals surface area (Å²) < 4.78 is 0. The highest BCUT2D eigenvalue weighted by atomic mass is 16.2. The minimum absolute atomic E-state index is 0.0594. The number of likely N-dealkylation sites (tertiary alicyclic amines) is 1. The summed E-state index contributed by atoms with van der Waals surface area (Å²) in [6, 6.07) is 2.00. The van der Waals surface area contributed by atoms with Gasteiger partial charge in [-0.15, -0.1) is 0 Å². The molecule has 3 N–H and O–H groups in total. The van der Waals surface area contributed by atoms with Crippen LogP contribution in [0.15, 0.2) is 12.3 Å². The van der Waals surface area contributed by atoms with E-state index in [2.05, 4.69) is 10.2 Å². The lowest BCUT2D eigenvalue weighted by Crippen LogP contribution is -2.38. The van der Waals surface area contributed by atoms with Crippen molar-refractivity contribution in [2.75, 3.05) is 13.1 Å². The number of aromatic amines is 1. The molecule has 0 aromatic carbocycles. The van der Waals surface area contributed by atoms with Crippen LogP contribution in [0.3, 0.4) is 0 Å². The van der Waals surface area contributed by atoms with Crippen molar-refractivity contribution in [3.63, 3.8) is 0 Å². The van der Waals surface area contributed by atoms with Gasteiger partial charge in [-0.25, -0.2) is 0 Å². The second kappa shape index (κ2) is 4.14. The van der Waals surface area contributed by atoms with E-state index in [1.54, 1.807) is 12.3 Å². The van der Waals surface area contributed by atoms with Gasteiger partial charge in [0.05, 0.1) is 0 Å². The van der Waals surface area contributed by atoms with E-state index in [1.165, 1.54) is 12.8 Å². The van der Waals surface area contributed by atoms with E-state index >= 15 is 0 Å². The van der Waals surface area contributed by atoms with E-state index in [9.17, 15) is 4.79 Å². The first-order chi connectivity index (χ1) is 8.25. The van der Waals surface area contributed by atoms with E-state index in [4.69, 9.17) is 5.73 Å². The summed E-state index contributed by atoms with van der Waals surface area (Å²) in [6.07, 6.45) is 5.13. The SMILES string of the molecule is NC1CCCC2CN(C(=O)c3ccn[nH]3)CC12. The highest BCUT2D eigenvalue weighted by Gasteiger charge is 2.40. The first-order valence-electron chi connectivity index (χ1n) is 6.30. The Morgan fingerprint density at radius 1 is 1.47 bits per heavy atom. The lowest BCUT2D eigenvalue weighted by molar-refractivity contribution is 0.0777. The van der Waals surface area contributed by atoms with Crippen LogP contribution in [-0.2, 0) is 0 Å². The number of fused-ring (bicyclic) bond motifs is 1. The first kappa shape index (κ1) is 10.8. The average Bonchev–Trinajstić information content (AvgIpc) is 2.98. The number of carbonyl (C=O) groups excluding carboxylic acids is 1. The average molecular weight is 234 g/mol. The van der Waals surface area contributed by atoms with Crippen molar-refractivity contribution in [1.29, 1.82) is 0 Å². The number of rotatable bonds is 1. The number of H-pyrrole nitrogens is 1. The van der Waals surface area contributed by atoms with Crippen LogP contribution in [0.25, 0.3) is 0 Å². The molecule has 1 aromatic rings. The van der Waals surface area contributed by atoms with Gasteiger partial charge >= 0.3 is 0 Å². The van der Waals surface area contributed by atoms with Crippen molar-refractivity contribution in [1.82, 2.24) is 15.1 Å². The number of carbonyl (C=O) groups is 1. The van der Waals surface area contributed by atoms with Crippen molar-refractivity contribution in [2.45, 2.75) is 25.3 Å². The number of hydrogen-bond acceptors (Lipinski definition) is 3. The predicted octanol–water partition coefficient (Wildman–Crippen LogP) is 0.609. The van der Waals surface area contributed by atoms with Crippen molar-refractivity contribution < 1.29 is 4.79 Å². The smallest absolute Gasteiger partial charge is 0.271 e. The normalized spacial score (nSPS) is 32.5. The van der Waals surface area contributed by atoms with Crippen molar-refractivity contribution >= 4 is 5.91 Å². The maximum atomic E-state index is 12.2. The zero-order chi connectivity index (χ0) is 11.8. The molecule has 2 fully saturated rings. The predicted molar refractivity (Wildman–Crippen MR) is 63.3 cm³/mol. The molecule has 1 amide bonds. The molecule has 92 valence electrons. The largest absolute Gasteiger partial charge is 0.337 e. The van der Waals surface area contributed by atoms with Crippen LogP contribution in [0, 0.1) is 11.8 Å². The molecule has 3 unspecified atom stereocenters. The molecule has 2 aliphatic rings. The summed E-state index contributed by atoms with van der Waals surface area (Å²) in [7, 11) is 0. The topological polar surface area (TPSA) is 75.0 Å². The summed E-state index contributed by atoms with van der Waals surface area (Å²) >= 11 is 0. The Morgan fingerprint density at radius 3 is 3.06 bits per heavy atom. The molecule has 1 aliphatic carbocycles. The lowest BCUT2D eigenvalue weighted by atomic mass is 9.78. The fraction of sp³-hybridized carbons (Fsp3) is 0.667. The maximum absolute atomic E-state index is 12.2. The Kier molecular flexibility index (Phi) is 2.63. The van der Waals surface area contributed by atoms with Gasteiger partial charge < -0.3 is 10.6 Å². The van der Waals surface area contributed by atoms with Crippen LogP contribution in [0.4, 0.5) is 0 Å². The summed E-state index contributed by atoms with van der Waals surface area (Å²) in [4.78, 5) is 14.1. The minimum Gasteiger partial charge on any atom is -0.337 e. The maximum Gasteiger partial charge on any atom is 0.271 e. The van der Waals surface area contributed by atoms with Gasteiger partial charge in [-0.3, -0.25) is 9.89 Å². The first-order valence-corrected chi connectivity index (χ1v) is 6.30. The van der Waals surface area contributed by atoms with E-state index in [0.717, 1.165) is 19.5 Å². The number of nitrogens with zero attached hydrogens (tertiary/aromatic N) is 2. The van der Waals surface area contributed by atoms with Crippen molar-refractivity contribution in [3.05, 3.63) is 18.0 Å². The van der Waals surface area contributed by atoms with E-state index < -0.39 is 0 Å². The van der Waals surface area contributed by atoms with Crippen LogP contribution < -0.4 is 5.73 Å². The van der Waals surface area contributed by atoms with Crippen molar-refractivity contribution in [3.8, 4) is 0 Å². The van der Waals surface area contributed by atoms with E-state index in [1.807, 2.05) is 4.90 Å². The second-order valence-electron chi connectivity index (χ2n) is 5.20. The molecule has 2 heterocycles. The molecule has 17 heavy (non-hydrogen) atoms. The summed E-state index contributed by atoms with van der Waals surface area (Å²) in [5.41, 5.74) is 6.72. The van der Waals surface area contributed by atoms with Gasteiger partial charge in [0.25, 0.3) is 5.91 Å². The zero-order valence-corrected chi connectivity index (χ0v) is 9.80. The number of aromatic nitrogens is 2. The fourth-order valence-electron chi connectivity index (χ4n) is 3.23. The zero-order valence-electron chi connectivity index (χ0n) is 9.80. The van der Waals surface area contributed by atoms with Gasteiger partial charge in [0.2, 0.25) is 0 Å². The van der Waals surface area contributed by atoms with Gasteiger partial charge in [0.1, 0.15) is 5.69 Å². The number of nitrogens with one attached hydrogen (secondary N) is 1. The highest BCUT2D eigenvalue weighted by molar-refractivity contribution is 5.92. The van der Waals surface area contributed by atoms with Gasteiger partial charge in [-0.1, -0.05) is 6.42 Å². The third kappa shape index (κ3) is 1.84. The molecule has 3 atom stereocenters. The van der Waals surface area contributed by atoms with Gasteiger partial charge in [-0.05, 0) is 30.7 Å². The molecule has 1 aromatic heterocycles. The number of amides is 1. The van der Waals surface area contributed by atoms with E-state index in [0.29, 0.717) is 17.5 Å². The molecule has 5 nitrogen and oxygen atoms in total. The quantitative estimate of drug-likeness (QED) is 0.747. The second-order valence-corrected chi connectivity index (χ2v) is 5.20. The van der Waals surface area contributed by atoms with Crippen LogP contribution in [0.2, 0.25) is 0 Å². The molecule has 0 bridgehead atoms. The molecule has 1 saturated heterocycles. The number of hydrogen-bond donors (Lipinski definition) is 2. The molecule has 5 heteroatoms. The molecule has 1 saturated carbocycles. The van der Waals surface area contributed by atoms with Gasteiger partial charge in [-0.2, -0.15) is 5.10 Å². The summed E-state index contributed by atoms with van der Waals surface area (Å²) in [5, 5.41) is 6.56. The highest BCUT2D eigenvalue weighted by Crippen LogP contribution is 2.35. The Hall–Kier alpha value is -1.36. The Balaban J connectivity index is 1.73. The van der Waals surface area contributed by atoms with Crippen LogP contribution in [0.1, 0.15) is 29.8 Å². The van der Waals surface area contributed by atoms with Gasteiger partial charge in [0, 0.05) is 25.3 Å². The summed E-state index contributed by atoms with van der Waals surface area (Å²) in [6.45, 7) is 1.67.